The summed E-state index contributed by atoms with van der Waals surface area (Å²) in [5, 5.41) is 9.16. The molecule has 1 aromatic heterocycles. The predicted molar refractivity (Wildman–Crippen MR) is 40.6 cm³/mol. The molecule has 4 nitrogen and oxygen atoms in total. The van der Waals surface area contributed by atoms with E-state index in [0.717, 1.165) is 0 Å². The molecule has 0 spiro atoms. The summed E-state index contributed by atoms with van der Waals surface area (Å²) in [6.45, 7) is 3.43. The van der Waals surface area contributed by atoms with Gasteiger partial charge < -0.3 is 5.11 Å². The summed E-state index contributed by atoms with van der Waals surface area (Å²) in [7, 11) is 1.67. The first kappa shape index (κ1) is 7.53. The van der Waals surface area contributed by atoms with E-state index >= 15 is 0 Å². The molecule has 0 saturated heterocycles. The molecule has 58 valence electrons. The molecule has 0 amide bonds. The Morgan fingerprint density at radius 1 is 1.82 bits per heavy atom. The summed E-state index contributed by atoms with van der Waals surface area (Å²) in [4.78, 5) is 7.72. The fourth-order valence-electron chi connectivity index (χ4n) is 0.673. The van der Waals surface area contributed by atoms with Crippen LogP contribution < -0.4 is 5.62 Å². The van der Waals surface area contributed by atoms with Gasteiger partial charge in [-0.25, -0.2) is 9.98 Å². The second-order valence-electron chi connectivity index (χ2n) is 1.97. The van der Waals surface area contributed by atoms with E-state index in [9.17, 15) is 0 Å². The van der Waals surface area contributed by atoms with Gasteiger partial charge in [-0.05, 0) is 0 Å². The average molecular weight is 151 g/mol. The van der Waals surface area contributed by atoms with Gasteiger partial charge in [-0.2, -0.15) is 0 Å². The van der Waals surface area contributed by atoms with Gasteiger partial charge in [-0.3, -0.25) is 4.57 Å². The first-order valence-electron chi connectivity index (χ1n) is 3.11. The monoisotopic (exact) mass is 151 g/mol. The lowest BCUT2D eigenvalue weighted by Gasteiger charge is -1.99. The molecular formula is C7H9N3O. The molecule has 0 fully saturated rings. The van der Waals surface area contributed by atoms with E-state index in [1.807, 2.05) is 0 Å². The van der Waals surface area contributed by atoms with Crippen LogP contribution in [0.15, 0.2) is 30.0 Å². The van der Waals surface area contributed by atoms with Crippen LogP contribution in [0.2, 0.25) is 0 Å². The fraction of sp³-hybridized carbons (Fsp3) is 0.143. The van der Waals surface area contributed by atoms with Crippen molar-refractivity contribution in [2.45, 2.75) is 0 Å². The molecule has 0 aliphatic rings. The van der Waals surface area contributed by atoms with E-state index < -0.39 is 0 Å². The molecule has 1 N–H and O–H groups in total. The van der Waals surface area contributed by atoms with Crippen molar-refractivity contribution in [3.05, 3.63) is 30.7 Å². The lowest BCUT2D eigenvalue weighted by Crippen LogP contribution is -2.20. The quantitative estimate of drug-likeness (QED) is 0.622. The molecule has 0 unspecified atom stereocenters. The summed E-state index contributed by atoms with van der Waals surface area (Å²) in [6.07, 6.45) is 2.86. The van der Waals surface area contributed by atoms with Crippen molar-refractivity contribution in [2.24, 2.45) is 12.0 Å². The van der Waals surface area contributed by atoms with Crippen molar-refractivity contribution < 1.29 is 5.11 Å². The highest BCUT2D eigenvalue weighted by Gasteiger charge is 1.91. The summed E-state index contributed by atoms with van der Waals surface area (Å²) in [6, 6.07) is 1.49. The molecule has 4 heteroatoms. The minimum absolute atomic E-state index is 0.126. The van der Waals surface area contributed by atoms with Gasteiger partial charge in [0, 0.05) is 25.5 Å². The van der Waals surface area contributed by atoms with Crippen LogP contribution in [0.4, 0.5) is 0 Å². The van der Waals surface area contributed by atoms with Crippen LogP contribution in [0.3, 0.4) is 0 Å². The van der Waals surface area contributed by atoms with E-state index in [2.05, 4.69) is 16.6 Å². The van der Waals surface area contributed by atoms with Crippen molar-refractivity contribution in [1.82, 2.24) is 9.55 Å². The summed E-state index contributed by atoms with van der Waals surface area (Å²) in [5.74, 6) is 0.126. The smallest absolute Gasteiger partial charge is 0.231 e. The third kappa shape index (κ3) is 1.46. The highest BCUT2D eigenvalue weighted by atomic mass is 16.3. The van der Waals surface area contributed by atoms with E-state index in [0.29, 0.717) is 5.62 Å². The Balaban J connectivity index is 3.39. The molecule has 0 aliphatic carbocycles. The Labute approximate surface area is 64.2 Å². The number of hydrogen-bond acceptors (Lipinski definition) is 3. The number of nitrogens with zero attached hydrogens (tertiary/aromatic N) is 3. The maximum Gasteiger partial charge on any atom is 0.231 e. The third-order valence-corrected chi connectivity index (χ3v) is 1.26. The van der Waals surface area contributed by atoms with Gasteiger partial charge in [0.25, 0.3) is 0 Å². The van der Waals surface area contributed by atoms with Crippen molar-refractivity contribution in [3.63, 3.8) is 0 Å². The second kappa shape index (κ2) is 3.01. The number of aromatic nitrogens is 2. The first-order valence-corrected chi connectivity index (χ1v) is 3.11. The number of hydrogen-bond donors (Lipinski definition) is 1. The Morgan fingerprint density at radius 3 is 3.18 bits per heavy atom. The highest BCUT2D eigenvalue weighted by Crippen LogP contribution is 1.97. The SMILES string of the molecule is C=C/N=c1/nccc(O)n1C. The lowest BCUT2D eigenvalue weighted by molar-refractivity contribution is 0.417. The molecule has 0 saturated carbocycles. The second-order valence-corrected chi connectivity index (χ2v) is 1.97. The van der Waals surface area contributed by atoms with Gasteiger partial charge in [-0.1, -0.05) is 6.58 Å². The van der Waals surface area contributed by atoms with E-state index in [1.165, 1.54) is 23.0 Å². The normalized spacial score (nSPS) is 11.5. The fourth-order valence-corrected chi connectivity index (χ4v) is 0.673. The van der Waals surface area contributed by atoms with E-state index in [-0.39, 0.29) is 5.88 Å². The van der Waals surface area contributed by atoms with Crippen LogP contribution >= 0.6 is 0 Å². The number of rotatable bonds is 1. The third-order valence-electron chi connectivity index (χ3n) is 1.26. The lowest BCUT2D eigenvalue weighted by atomic mass is 10.6. The van der Waals surface area contributed by atoms with Gasteiger partial charge in [0.05, 0.1) is 0 Å². The zero-order valence-corrected chi connectivity index (χ0v) is 6.23. The van der Waals surface area contributed by atoms with Gasteiger partial charge in [-0.15, -0.1) is 0 Å². The Bertz CT molecular complexity index is 327. The van der Waals surface area contributed by atoms with Gasteiger partial charge in [0.2, 0.25) is 5.62 Å². The zero-order chi connectivity index (χ0) is 8.27. The number of aromatic hydroxyl groups is 1. The molecule has 0 bridgehead atoms. The van der Waals surface area contributed by atoms with E-state index in [4.69, 9.17) is 5.11 Å². The highest BCUT2D eigenvalue weighted by molar-refractivity contribution is 5.04. The zero-order valence-electron chi connectivity index (χ0n) is 6.23. The van der Waals surface area contributed by atoms with Crippen molar-refractivity contribution in [1.29, 1.82) is 0 Å². The Morgan fingerprint density at radius 2 is 2.55 bits per heavy atom. The van der Waals surface area contributed by atoms with Crippen LogP contribution in [0.25, 0.3) is 0 Å². The van der Waals surface area contributed by atoms with Crippen molar-refractivity contribution >= 4 is 0 Å². The summed E-state index contributed by atoms with van der Waals surface area (Å²) >= 11 is 0. The molecule has 0 aromatic carbocycles. The minimum atomic E-state index is 0.126. The molecule has 1 aromatic rings. The summed E-state index contributed by atoms with van der Waals surface area (Å²) in [5.41, 5.74) is 0.431. The molecule has 1 heterocycles. The summed E-state index contributed by atoms with van der Waals surface area (Å²) < 4.78 is 1.46. The molecule has 1 rings (SSSR count). The average Bonchev–Trinajstić information content (AvgIpc) is 1.99. The van der Waals surface area contributed by atoms with Crippen molar-refractivity contribution in [2.75, 3.05) is 0 Å². The van der Waals surface area contributed by atoms with Crippen LogP contribution in [-0.2, 0) is 7.05 Å². The topological polar surface area (TPSA) is 50.4 Å². The first-order chi connectivity index (χ1) is 5.25. The van der Waals surface area contributed by atoms with E-state index in [1.54, 1.807) is 7.05 Å². The predicted octanol–water partition coefficient (Wildman–Crippen LogP) is 0.170. The standard InChI is InChI=1S/C7H9N3O/c1-3-8-7-9-5-4-6(11)10(7)2/h3-5,11H,1H2,2H3/b8-7-. The largest absolute Gasteiger partial charge is 0.494 e. The maximum absolute atomic E-state index is 9.16. The van der Waals surface area contributed by atoms with Crippen molar-refractivity contribution in [3.8, 4) is 5.88 Å². The van der Waals surface area contributed by atoms with Gasteiger partial charge >= 0.3 is 0 Å². The van der Waals surface area contributed by atoms with Gasteiger partial charge in [0.15, 0.2) is 5.88 Å². The minimum Gasteiger partial charge on any atom is -0.494 e. The Hall–Kier alpha value is -1.58. The van der Waals surface area contributed by atoms with Gasteiger partial charge in [0.1, 0.15) is 0 Å². The van der Waals surface area contributed by atoms with Crippen LogP contribution in [0, 0.1) is 0 Å². The maximum atomic E-state index is 9.16. The van der Waals surface area contributed by atoms with Crippen LogP contribution in [0.1, 0.15) is 0 Å². The Kier molecular flexibility index (Phi) is 2.06. The van der Waals surface area contributed by atoms with Crippen LogP contribution in [0.5, 0.6) is 5.88 Å². The molecule has 0 radical (unpaired) electrons. The molecule has 0 aliphatic heterocycles. The van der Waals surface area contributed by atoms with Crippen LogP contribution in [-0.4, -0.2) is 14.7 Å². The molecule has 11 heavy (non-hydrogen) atoms. The molecule has 0 atom stereocenters. The molecular weight excluding hydrogens is 142 g/mol.